The molecule has 2 N–H and O–H groups in total. The molecule has 1 fully saturated rings. The van der Waals surface area contributed by atoms with Gasteiger partial charge in [-0.3, -0.25) is 0 Å². The smallest absolute Gasteiger partial charge is 0.244 e. The zero-order valence-corrected chi connectivity index (χ0v) is 11.3. The van der Waals surface area contributed by atoms with Crippen LogP contribution < -0.4 is 5.32 Å². The fourth-order valence-corrected chi connectivity index (χ4v) is 3.66. The molecule has 2 rings (SSSR count). The molecule has 0 unspecified atom stereocenters. The van der Waals surface area contributed by atoms with Crippen LogP contribution in [-0.4, -0.2) is 50.1 Å². The molecule has 0 aromatic heterocycles. The molecule has 2 atom stereocenters. The van der Waals surface area contributed by atoms with E-state index in [1.54, 1.807) is 12.1 Å². The van der Waals surface area contributed by atoms with Crippen LogP contribution in [0.4, 0.5) is 0 Å². The maximum absolute atomic E-state index is 12.5. The molecule has 1 aliphatic heterocycles. The highest BCUT2D eigenvalue weighted by Gasteiger charge is 2.36. The summed E-state index contributed by atoms with van der Waals surface area (Å²) in [4.78, 5) is -0.0286. The predicted molar refractivity (Wildman–Crippen MR) is 68.8 cm³/mol. The average molecular weight is 281 g/mol. The van der Waals surface area contributed by atoms with E-state index in [0.717, 1.165) is 4.31 Å². The summed E-state index contributed by atoms with van der Waals surface area (Å²) in [6.45, 7) is 0.760. The minimum atomic E-state index is -3.79. The first-order valence-electron chi connectivity index (χ1n) is 5.84. The van der Waals surface area contributed by atoms with Gasteiger partial charge in [-0.25, -0.2) is 8.42 Å². The molecule has 0 aliphatic carbocycles. The molecule has 1 aliphatic rings. The highest BCUT2D eigenvalue weighted by Crippen LogP contribution is 2.22. The normalized spacial score (nSPS) is 23.5. The van der Waals surface area contributed by atoms with Crippen LogP contribution in [0.2, 0.25) is 0 Å². The number of β-amino-alcohol motifs (C(OH)–C–C–N with tert-alkyl or cyclic N) is 1. The summed E-state index contributed by atoms with van der Waals surface area (Å²) >= 11 is 0. The molecule has 0 saturated carbocycles. The van der Waals surface area contributed by atoms with Crippen molar-refractivity contribution in [1.29, 1.82) is 5.26 Å². The van der Waals surface area contributed by atoms with E-state index in [1.807, 2.05) is 6.07 Å². The van der Waals surface area contributed by atoms with Gasteiger partial charge in [-0.1, -0.05) is 12.1 Å². The lowest BCUT2D eigenvalue weighted by molar-refractivity contribution is 0.136. The van der Waals surface area contributed by atoms with E-state index in [2.05, 4.69) is 5.32 Å². The van der Waals surface area contributed by atoms with E-state index in [1.165, 1.54) is 19.2 Å². The molecule has 102 valence electrons. The quantitative estimate of drug-likeness (QED) is 0.780. The largest absolute Gasteiger partial charge is 0.390 e. The predicted octanol–water partition coefficient (Wildman–Crippen LogP) is -0.489. The number of nitrogens with zero attached hydrogens (tertiary/aromatic N) is 2. The molecular formula is C12H15N3O3S. The number of nitriles is 1. The summed E-state index contributed by atoms with van der Waals surface area (Å²) in [5, 5.41) is 21.7. The summed E-state index contributed by atoms with van der Waals surface area (Å²) in [5.74, 6) is 0. The van der Waals surface area contributed by atoms with Gasteiger partial charge in [0.25, 0.3) is 0 Å². The summed E-state index contributed by atoms with van der Waals surface area (Å²) in [6.07, 6.45) is -0.742. The number of aliphatic hydroxyl groups is 1. The summed E-state index contributed by atoms with van der Waals surface area (Å²) in [6, 6.07) is 7.41. The summed E-state index contributed by atoms with van der Waals surface area (Å²) in [5.41, 5.74) is 0.106. The van der Waals surface area contributed by atoms with Crippen molar-refractivity contribution < 1.29 is 13.5 Å². The maximum atomic E-state index is 12.5. The van der Waals surface area contributed by atoms with Crippen LogP contribution in [0.1, 0.15) is 5.56 Å². The number of aliphatic hydroxyl groups excluding tert-OH is 1. The highest BCUT2D eigenvalue weighted by atomic mass is 32.2. The SMILES string of the molecule is CN([C@H]1CNC[C@@H]1O)S(=O)(=O)c1ccccc1C#N. The van der Waals surface area contributed by atoms with Crippen LogP contribution in [0.5, 0.6) is 0 Å². The third kappa shape index (κ3) is 2.48. The minimum Gasteiger partial charge on any atom is -0.390 e. The number of likely N-dealkylation sites (N-methyl/N-ethyl adjacent to an activating group) is 1. The molecule has 7 heteroatoms. The number of rotatable bonds is 3. The van der Waals surface area contributed by atoms with Gasteiger partial charge in [-0.2, -0.15) is 9.57 Å². The molecule has 1 aromatic carbocycles. The van der Waals surface area contributed by atoms with Crippen molar-refractivity contribution in [2.24, 2.45) is 0 Å². The molecular weight excluding hydrogens is 266 g/mol. The monoisotopic (exact) mass is 281 g/mol. The summed E-state index contributed by atoms with van der Waals surface area (Å²) in [7, 11) is -2.37. The number of nitrogens with one attached hydrogen (secondary N) is 1. The number of sulfonamides is 1. The third-order valence-corrected chi connectivity index (χ3v) is 5.22. The fraction of sp³-hybridized carbons (Fsp3) is 0.417. The molecule has 1 heterocycles. The standard InChI is InChI=1S/C12H15N3O3S/c1-15(10-7-14-8-11(10)16)19(17,18)12-5-3-2-4-9(12)6-13/h2-5,10-11,14,16H,7-8H2,1H3/t10-,11-/m0/s1. The lowest BCUT2D eigenvalue weighted by atomic mass is 10.2. The fourth-order valence-electron chi connectivity index (χ4n) is 2.14. The van der Waals surface area contributed by atoms with E-state index in [-0.39, 0.29) is 10.5 Å². The van der Waals surface area contributed by atoms with Crippen LogP contribution in [0, 0.1) is 11.3 Å². The Morgan fingerprint density at radius 2 is 2.11 bits per heavy atom. The van der Waals surface area contributed by atoms with E-state index < -0.39 is 22.2 Å². The zero-order chi connectivity index (χ0) is 14.0. The van der Waals surface area contributed by atoms with Gasteiger partial charge in [-0.05, 0) is 12.1 Å². The van der Waals surface area contributed by atoms with Gasteiger partial charge in [0.15, 0.2) is 0 Å². The topological polar surface area (TPSA) is 93.4 Å². The Morgan fingerprint density at radius 1 is 1.42 bits per heavy atom. The number of hydrogen-bond acceptors (Lipinski definition) is 5. The Labute approximate surface area is 112 Å². The molecule has 0 bridgehead atoms. The second kappa shape index (κ2) is 5.27. The molecule has 6 nitrogen and oxygen atoms in total. The van der Waals surface area contributed by atoms with Crippen molar-refractivity contribution in [2.75, 3.05) is 20.1 Å². The average Bonchev–Trinajstić information content (AvgIpc) is 2.83. The van der Waals surface area contributed by atoms with E-state index in [0.29, 0.717) is 13.1 Å². The van der Waals surface area contributed by atoms with Crippen molar-refractivity contribution in [1.82, 2.24) is 9.62 Å². The van der Waals surface area contributed by atoms with Gasteiger partial charge >= 0.3 is 0 Å². The van der Waals surface area contributed by atoms with Gasteiger partial charge in [-0.15, -0.1) is 0 Å². The van der Waals surface area contributed by atoms with Gasteiger partial charge < -0.3 is 10.4 Å². The highest BCUT2D eigenvalue weighted by molar-refractivity contribution is 7.89. The van der Waals surface area contributed by atoms with Crippen LogP contribution >= 0.6 is 0 Å². The van der Waals surface area contributed by atoms with Crippen LogP contribution in [0.3, 0.4) is 0 Å². The van der Waals surface area contributed by atoms with Gasteiger partial charge in [0.1, 0.15) is 6.07 Å². The lowest BCUT2D eigenvalue weighted by Gasteiger charge is -2.25. The molecule has 0 spiro atoms. The van der Waals surface area contributed by atoms with Gasteiger partial charge in [0, 0.05) is 20.1 Å². The first-order chi connectivity index (χ1) is 8.98. The molecule has 1 aromatic rings. The summed E-state index contributed by atoms with van der Waals surface area (Å²) < 4.78 is 26.1. The number of benzene rings is 1. The third-order valence-electron chi connectivity index (χ3n) is 3.28. The van der Waals surface area contributed by atoms with Crippen molar-refractivity contribution >= 4 is 10.0 Å². The molecule has 19 heavy (non-hydrogen) atoms. The Morgan fingerprint density at radius 3 is 2.68 bits per heavy atom. The number of hydrogen-bond donors (Lipinski definition) is 2. The minimum absolute atomic E-state index is 0.0286. The molecule has 1 saturated heterocycles. The first-order valence-corrected chi connectivity index (χ1v) is 7.28. The van der Waals surface area contributed by atoms with Crippen LogP contribution in [-0.2, 0) is 10.0 Å². The van der Waals surface area contributed by atoms with E-state index in [4.69, 9.17) is 5.26 Å². The second-order valence-electron chi connectivity index (χ2n) is 4.42. The zero-order valence-electron chi connectivity index (χ0n) is 10.4. The van der Waals surface area contributed by atoms with Crippen molar-refractivity contribution in [3.63, 3.8) is 0 Å². The van der Waals surface area contributed by atoms with Crippen molar-refractivity contribution in [3.05, 3.63) is 29.8 Å². The van der Waals surface area contributed by atoms with E-state index in [9.17, 15) is 13.5 Å². The van der Waals surface area contributed by atoms with Gasteiger partial charge in [0.2, 0.25) is 10.0 Å². The Hall–Kier alpha value is -1.46. The van der Waals surface area contributed by atoms with Crippen LogP contribution in [0.25, 0.3) is 0 Å². The molecule has 0 radical (unpaired) electrons. The Bertz CT molecular complexity index is 609. The van der Waals surface area contributed by atoms with Crippen molar-refractivity contribution in [2.45, 2.75) is 17.0 Å². The second-order valence-corrected chi connectivity index (χ2v) is 6.39. The van der Waals surface area contributed by atoms with Crippen LogP contribution in [0.15, 0.2) is 29.2 Å². The Balaban J connectivity index is 2.40. The Kier molecular flexibility index (Phi) is 3.87. The molecule has 0 amide bonds. The first kappa shape index (κ1) is 14.0. The maximum Gasteiger partial charge on any atom is 0.244 e. The van der Waals surface area contributed by atoms with Crippen molar-refractivity contribution in [3.8, 4) is 6.07 Å². The van der Waals surface area contributed by atoms with Gasteiger partial charge in [0.05, 0.1) is 22.6 Å². The van der Waals surface area contributed by atoms with E-state index >= 15 is 0 Å². The lowest BCUT2D eigenvalue weighted by Crippen LogP contribution is -2.44.